The Hall–Kier alpha value is -3.31. The van der Waals surface area contributed by atoms with Crippen molar-refractivity contribution >= 4 is 23.4 Å². The summed E-state index contributed by atoms with van der Waals surface area (Å²) in [6.07, 6.45) is 2.04. The highest BCUT2D eigenvalue weighted by Crippen LogP contribution is 2.28. The van der Waals surface area contributed by atoms with Crippen molar-refractivity contribution in [1.82, 2.24) is 9.55 Å². The maximum absolute atomic E-state index is 12.4. The number of thioether (sulfide) groups is 1. The zero-order chi connectivity index (χ0) is 20.1. The highest BCUT2D eigenvalue weighted by molar-refractivity contribution is 7.99. The monoisotopic (exact) mass is 399 g/mol. The SMILES string of the molecule is Cc1ccccc1-n1cc(-c2ccccc2)nc1SCC(=O)Nc1ccccc1. The van der Waals surface area contributed by atoms with Crippen molar-refractivity contribution in [2.24, 2.45) is 0 Å². The van der Waals surface area contributed by atoms with E-state index < -0.39 is 0 Å². The molecule has 144 valence electrons. The van der Waals surface area contributed by atoms with Crippen LogP contribution in [-0.2, 0) is 4.79 Å². The van der Waals surface area contributed by atoms with Crippen molar-refractivity contribution in [3.05, 3.63) is 96.7 Å². The number of amides is 1. The highest BCUT2D eigenvalue weighted by Gasteiger charge is 2.14. The van der Waals surface area contributed by atoms with Gasteiger partial charge in [0.1, 0.15) is 0 Å². The molecule has 1 amide bonds. The molecule has 0 aliphatic carbocycles. The third kappa shape index (κ3) is 4.58. The molecule has 0 atom stereocenters. The Morgan fingerprint density at radius 1 is 0.931 bits per heavy atom. The van der Waals surface area contributed by atoms with Gasteiger partial charge >= 0.3 is 0 Å². The van der Waals surface area contributed by atoms with Crippen LogP contribution in [0, 0.1) is 6.92 Å². The predicted octanol–water partition coefficient (Wildman–Crippen LogP) is 5.58. The van der Waals surface area contributed by atoms with Gasteiger partial charge in [0.15, 0.2) is 5.16 Å². The van der Waals surface area contributed by atoms with Gasteiger partial charge < -0.3 is 5.32 Å². The first-order valence-electron chi connectivity index (χ1n) is 9.39. The molecule has 0 spiro atoms. The first-order chi connectivity index (χ1) is 14.2. The molecule has 0 saturated heterocycles. The van der Waals surface area contributed by atoms with Crippen LogP contribution in [0.4, 0.5) is 5.69 Å². The van der Waals surface area contributed by atoms with E-state index in [1.165, 1.54) is 11.8 Å². The Bertz CT molecular complexity index is 1110. The lowest BCUT2D eigenvalue weighted by molar-refractivity contribution is -0.113. The number of hydrogen-bond acceptors (Lipinski definition) is 3. The second kappa shape index (κ2) is 8.80. The summed E-state index contributed by atoms with van der Waals surface area (Å²) in [5, 5.41) is 3.72. The number of carbonyl (C=O) groups excluding carboxylic acids is 1. The van der Waals surface area contributed by atoms with Gasteiger partial charge in [0.2, 0.25) is 5.91 Å². The minimum absolute atomic E-state index is 0.0539. The van der Waals surface area contributed by atoms with Crippen LogP contribution in [0.25, 0.3) is 16.9 Å². The van der Waals surface area contributed by atoms with E-state index >= 15 is 0 Å². The molecule has 1 heterocycles. The van der Waals surface area contributed by atoms with Gasteiger partial charge in [-0.15, -0.1) is 0 Å². The van der Waals surface area contributed by atoms with Crippen LogP contribution >= 0.6 is 11.8 Å². The summed E-state index contributed by atoms with van der Waals surface area (Å²) < 4.78 is 2.07. The van der Waals surface area contributed by atoms with Crippen molar-refractivity contribution in [2.45, 2.75) is 12.1 Å². The van der Waals surface area contributed by atoms with Crippen LogP contribution in [0.15, 0.2) is 96.3 Å². The third-order valence-electron chi connectivity index (χ3n) is 4.51. The van der Waals surface area contributed by atoms with Gasteiger partial charge in [-0.2, -0.15) is 0 Å². The van der Waals surface area contributed by atoms with Gasteiger partial charge in [0.25, 0.3) is 0 Å². The Morgan fingerprint density at radius 2 is 1.59 bits per heavy atom. The number of aromatic nitrogens is 2. The fourth-order valence-electron chi connectivity index (χ4n) is 3.07. The molecule has 0 radical (unpaired) electrons. The lowest BCUT2D eigenvalue weighted by Gasteiger charge is -2.10. The van der Waals surface area contributed by atoms with Gasteiger partial charge in [0.05, 0.1) is 17.1 Å². The number of hydrogen-bond donors (Lipinski definition) is 1. The number of anilines is 1. The van der Waals surface area contributed by atoms with Crippen LogP contribution in [0.3, 0.4) is 0 Å². The Labute approximate surface area is 174 Å². The average Bonchev–Trinajstić information content (AvgIpc) is 3.18. The van der Waals surface area contributed by atoms with Crippen molar-refractivity contribution in [2.75, 3.05) is 11.1 Å². The summed E-state index contributed by atoms with van der Waals surface area (Å²) in [6, 6.07) is 27.8. The summed E-state index contributed by atoms with van der Waals surface area (Å²) in [5.74, 6) is 0.230. The Balaban J connectivity index is 1.60. The van der Waals surface area contributed by atoms with Crippen molar-refractivity contribution < 1.29 is 4.79 Å². The topological polar surface area (TPSA) is 46.9 Å². The fourth-order valence-corrected chi connectivity index (χ4v) is 3.85. The molecule has 4 aromatic rings. The molecule has 4 nitrogen and oxygen atoms in total. The van der Waals surface area contributed by atoms with E-state index in [0.29, 0.717) is 0 Å². The van der Waals surface area contributed by atoms with Gasteiger partial charge in [-0.3, -0.25) is 9.36 Å². The summed E-state index contributed by atoms with van der Waals surface area (Å²) in [6.45, 7) is 2.08. The number of benzene rings is 3. The maximum atomic E-state index is 12.4. The van der Waals surface area contributed by atoms with E-state index in [9.17, 15) is 4.79 Å². The number of nitrogens with one attached hydrogen (secondary N) is 1. The van der Waals surface area contributed by atoms with Crippen LogP contribution < -0.4 is 5.32 Å². The number of imidazole rings is 1. The molecule has 29 heavy (non-hydrogen) atoms. The molecular weight excluding hydrogens is 378 g/mol. The highest BCUT2D eigenvalue weighted by atomic mass is 32.2. The molecule has 0 fully saturated rings. The van der Waals surface area contributed by atoms with E-state index in [4.69, 9.17) is 4.98 Å². The second-order valence-corrected chi connectivity index (χ2v) is 7.58. The smallest absolute Gasteiger partial charge is 0.234 e. The fraction of sp³-hybridized carbons (Fsp3) is 0.0833. The van der Waals surface area contributed by atoms with E-state index in [1.807, 2.05) is 79.0 Å². The molecule has 4 rings (SSSR count). The molecule has 5 heteroatoms. The second-order valence-electron chi connectivity index (χ2n) is 6.63. The molecule has 1 N–H and O–H groups in total. The minimum Gasteiger partial charge on any atom is -0.325 e. The molecule has 3 aromatic carbocycles. The van der Waals surface area contributed by atoms with E-state index in [2.05, 4.69) is 28.9 Å². The van der Waals surface area contributed by atoms with Crippen LogP contribution in [0.2, 0.25) is 0 Å². The summed E-state index contributed by atoms with van der Waals surface area (Å²) >= 11 is 1.43. The lowest BCUT2D eigenvalue weighted by Crippen LogP contribution is -2.14. The minimum atomic E-state index is -0.0539. The maximum Gasteiger partial charge on any atom is 0.234 e. The van der Waals surface area contributed by atoms with Gasteiger partial charge in [-0.25, -0.2) is 4.98 Å². The Kier molecular flexibility index (Phi) is 5.77. The molecule has 0 aliphatic heterocycles. The zero-order valence-electron chi connectivity index (χ0n) is 16.1. The Morgan fingerprint density at radius 3 is 2.31 bits per heavy atom. The van der Waals surface area contributed by atoms with E-state index in [1.54, 1.807) is 0 Å². The number of carbonyl (C=O) groups is 1. The third-order valence-corrected chi connectivity index (χ3v) is 5.46. The van der Waals surface area contributed by atoms with Gasteiger partial charge in [-0.1, -0.05) is 78.5 Å². The van der Waals surface area contributed by atoms with Gasteiger partial charge in [-0.05, 0) is 30.7 Å². The molecule has 0 bridgehead atoms. The molecule has 1 aromatic heterocycles. The summed E-state index contributed by atoms with van der Waals surface area (Å²) in [5.41, 5.74) is 4.95. The van der Waals surface area contributed by atoms with Crippen LogP contribution in [-0.4, -0.2) is 21.2 Å². The molecule has 0 saturated carbocycles. The van der Waals surface area contributed by atoms with Gasteiger partial charge in [0, 0.05) is 17.4 Å². The van der Waals surface area contributed by atoms with Crippen molar-refractivity contribution in [1.29, 1.82) is 0 Å². The average molecular weight is 400 g/mol. The molecule has 0 aliphatic rings. The van der Waals surface area contributed by atoms with Crippen LogP contribution in [0.5, 0.6) is 0 Å². The van der Waals surface area contributed by atoms with Crippen LogP contribution in [0.1, 0.15) is 5.56 Å². The number of nitrogens with zero attached hydrogens (tertiary/aromatic N) is 2. The van der Waals surface area contributed by atoms with E-state index in [-0.39, 0.29) is 11.7 Å². The number of aryl methyl sites for hydroxylation is 1. The predicted molar refractivity (Wildman–Crippen MR) is 120 cm³/mol. The normalized spacial score (nSPS) is 10.7. The van der Waals surface area contributed by atoms with Crippen molar-refractivity contribution in [3.63, 3.8) is 0 Å². The molecular formula is C24H21N3OS. The van der Waals surface area contributed by atoms with Crippen molar-refractivity contribution in [3.8, 4) is 16.9 Å². The number of rotatable bonds is 6. The molecule has 0 unspecified atom stereocenters. The zero-order valence-corrected chi connectivity index (χ0v) is 16.9. The lowest BCUT2D eigenvalue weighted by atomic mass is 10.2. The van der Waals surface area contributed by atoms with E-state index in [0.717, 1.165) is 33.4 Å². The largest absolute Gasteiger partial charge is 0.325 e. The quantitative estimate of drug-likeness (QED) is 0.431. The number of para-hydroxylation sites is 2. The summed E-state index contributed by atoms with van der Waals surface area (Å²) in [7, 11) is 0. The first kappa shape index (κ1) is 19.0. The summed E-state index contributed by atoms with van der Waals surface area (Å²) in [4.78, 5) is 17.2. The first-order valence-corrected chi connectivity index (χ1v) is 10.4. The standard InChI is InChI=1S/C24H21N3OS/c1-18-10-8-9-15-22(18)27-16-21(19-11-4-2-5-12-19)26-24(27)29-17-23(28)25-20-13-6-3-7-14-20/h2-16H,17H2,1H3,(H,25,28).